The van der Waals surface area contributed by atoms with E-state index in [2.05, 4.69) is 20.8 Å². The first-order valence-electron chi connectivity index (χ1n) is 8.79. The molecule has 0 aromatic heterocycles. The van der Waals surface area contributed by atoms with E-state index in [1.54, 1.807) is 0 Å². The Balaban J connectivity index is 1.84. The van der Waals surface area contributed by atoms with Gasteiger partial charge in [-0.1, -0.05) is 52.8 Å². The van der Waals surface area contributed by atoms with E-state index >= 15 is 0 Å². The number of hydrogen-bond donors (Lipinski definition) is 0. The summed E-state index contributed by atoms with van der Waals surface area (Å²) in [5, 5.41) is 0. The van der Waals surface area contributed by atoms with Crippen LogP contribution in [0.1, 0.15) is 46.6 Å². The second-order valence-corrected chi connectivity index (χ2v) is 8.58. The van der Waals surface area contributed by atoms with Crippen LogP contribution in [-0.4, -0.2) is 36.9 Å². The quantitative estimate of drug-likeness (QED) is 0.786. The number of cyclic esters (lactones) is 1. The average Bonchev–Trinajstić information content (AvgIpc) is 2.81. The van der Waals surface area contributed by atoms with Crippen molar-refractivity contribution >= 4 is 11.9 Å². The molecule has 5 heteroatoms. The topological polar surface area (TPSA) is 57.1 Å². The van der Waals surface area contributed by atoms with Crippen LogP contribution in [0, 0.1) is 10.8 Å². The summed E-state index contributed by atoms with van der Waals surface area (Å²) in [6, 6.07) is 9.84. The molecule has 136 valence electrons. The van der Waals surface area contributed by atoms with Crippen LogP contribution in [0.2, 0.25) is 0 Å². The minimum Gasteiger partial charge on any atom is -0.463 e. The Morgan fingerprint density at radius 1 is 1.20 bits per heavy atom. The molecule has 2 heterocycles. The van der Waals surface area contributed by atoms with E-state index in [9.17, 15) is 4.79 Å². The maximum absolute atomic E-state index is 12.1. The van der Waals surface area contributed by atoms with E-state index in [4.69, 9.17) is 19.2 Å². The zero-order valence-electron chi connectivity index (χ0n) is 15.6. The first-order valence-corrected chi connectivity index (χ1v) is 8.79. The van der Waals surface area contributed by atoms with E-state index in [1.165, 1.54) is 0 Å². The van der Waals surface area contributed by atoms with Crippen molar-refractivity contribution < 1.29 is 19.0 Å². The zero-order valence-corrected chi connectivity index (χ0v) is 15.6. The van der Waals surface area contributed by atoms with Gasteiger partial charge < -0.3 is 14.2 Å². The highest BCUT2D eigenvalue weighted by molar-refractivity contribution is 5.94. The Labute approximate surface area is 149 Å². The van der Waals surface area contributed by atoms with E-state index in [0.29, 0.717) is 18.9 Å². The SMILES string of the molecule is CC(C)(C)[C@H]1C[C@H](O[C@H]2C(=O)OCC2(C)C)OC(c2ccccc2)=N1. The number of carbonyl (C=O) groups excluding carboxylic acids is 1. The van der Waals surface area contributed by atoms with Gasteiger partial charge in [0.1, 0.15) is 0 Å². The number of benzene rings is 1. The van der Waals surface area contributed by atoms with Gasteiger partial charge in [0.2, 0.25) is 12.2 Å². The zero-order chi connectivity index (χ0) is 18.2. The van der Waals surface area contributed by atoms with Gasteiger partial charge in [-0.05, 0) is 17.5 Å². The molecular weight excluding hydrogens is 318 g/mol. The predicted molar refractivity (Wildman–Crippen MR) is 95.3 cm³/mol. The lowest BCUT2D eigenvalue weighted by molar-refractivity contribution is -0.177. The van der Waals surface area contributed by atoms with Gasteiger partial charge in [-0.3, -0.25) is 0 Å². The molecular formula is C20H27NO4. The van der Waals surface area contributed by atoms with Crippen molar-refractivity contribution in [2.24, 2.45) is 15.8 Å². The number of hydrogen-bond acceptors (Lipinski definition) is 5. The van der Waals surface area contributed by atoms with Crippen LogP contribution in [-0.2, 0) is 19.0 Å². The fourth-order valence-electron chi connectivity index (χ4n) is 3.05. The Hall–Kier alpha value is -1.88. The molecule has 25 heavy (non-hydrogen) atoms. The molecule has 1 fully saturated rings. The number of aliphatic imine (C=N–C) groups is 1. The molecule has 0 spiro atoms. The first-order chi connectivity index (χ1) is 11.7. The summed E-state index contributed by atoms with van der Waals surface area (Å²) in [5.74, 6) is 0.255. The monoisotopic (exact) mass is 345 g/mol. The van der Waals surface area contributed by atoms with E-state index < -0.39 is 12.4 Å². The summed E-state index contributed by atoms with van der Waals surface area (Å²) in [5.41, 5.74) is 0.523. The third-order valence-electron chi connectivity index (χ3n) is 4.75. The Bertz CT molecular complexity index is 660. The predicted octanol–water partition coefficient (Wildman–Crippen LogP) is 3.56. The molecule has 1 saturated heterocycles. The molecule has 0 amide bonds. The number of ether oxygens (including phenoxy) is 3. The van der Waals surface area contributed by atoms with Crippen molar-refractivity contribution in [3.8, 4) is 0 Å². The number of nitrogens with zero attached hydrogens (tertiary/aromatic N) is 1. The van der Waals surface area contributed by atoms with Crippen LogP contribution >= 0.6 is 0 Å². The molecule has 0 bridgehead atoms. The number of carbonyl (C=O) groups is 1. The van der Waals surface area contributed by atoms with Crippen molar-refractivity contribution in [1.82, 2.24) is 0 Å². The van der Waals surface area contributed by atoms with Crippen LogP contribution < -0.4 is 0 Å². The molecule has 1 aromatic rings. The third kappa shape index (κ3) is 3.87. The molecule has 3 atom stereocenters. The molecule has 2 aliphatic heterocycles. The fourth-order valence-corrected chi connectivity index (χ4v) is 3.05. The van der Waals surface area contributed by atoms with Crippen LogP contribution in [0.3, 0.4) is 0 Å². The summed E-state index contributed by atoms with van der Waals surface area (Å²) in [4.78, 5) is 16.9. The minimum atomic E-state index is -0.617. The fraction of sp³-hybridized carbons (Fsp3) is 0.600. The van der Waals surface area contributed by atoms with Crippen molar-refractivity contribution in [2.75, 3.05) is 6.61 Å². The highest BCUT2D eigenvalue weighted by atomic mass is 16.7. The van der Waals surface area contributed by atoms with Gasteiger partial charge >= 0.3 is 5.97 Å². The minimum absolute atomic E-state index is 0.0306. The van der Waals surface area contributed by atoms with Crippen LogP contribution in [0.5, 0.6) is 0 Å². The molecule has 0 saturated carbocycles. The van der Waals surface area contributed by atoms with Crippen LogP contribution in [0.15, 0.2) is 35.3 Å². The summed E-state index contributed by atoms with van der Waals surface area (Å²) in [6.07, 6.45) is -0.528. The van der Waals surface area contributed by atoms with Gasteiger partial charge in [-0.2, -0.15) is 0 Å². The number of esters is 1. The molecule has 3 rings (SSSR count). The lowest BCUT2D eigenvalue weighted by Gasteiger charge is -2.37. The number of rotatable bonds is 3. The van der Waals surface area contributed by atoms with Gasteiger partial charge in [0.25, 0.3) is 0 Å². The molecule has 0 radical (unpaired) electrons. The molecule has 0 N–H and O–H groups in total. The second kappa shape index (κ2) is 6.45. The molecule has 5 nitrogen and oxygen atoms in total. The van der Waals surface area contributed by atoms with Crippen molar-refractivity contribution in [3.63, 3.8) is 0 Å². The standard InChI is InChI=1S/C20H27NO4/c1-19(2,3)14-11-15(24-16-18(22)23-12-20(16,4)5)25-17(21-14)13-9-7-6-8-10-13/h6-10,14-16H,11-12H2,1-5H3/t14-,15-,16+/m1/s1. The van der Waals surface area contributed by atoms with Crippen molar-refractivity contribution in [2.45, 2.75) is 59.5 Å². The van der Waals surface area contributed by atoms with Gasteiger partial charge in [0.05, 0.1) is 12.6 Å². The second-order valence-electron chi connectivity index (χ2n) is 8.58. The van der Waals surface area contributed by atoms with Crippen LogP contribution in [0.4, 0.5) is 0 Å². The highest BCUT2D eigenvalue weighted by Crippen LogP contribution is 2.36. The molecule has 0 aliphatic carbocycles. The Morgan fingerprint density at radius 2 is 1.88 bits per heavy atom. The smallest absolute Gasteiger partial charge is 0.336 e. The molecule has 1 aromatic carbocycles. The largest absolute Gasteiger partial charge is 0.463 e. The van der Waals surface area contributed by atoms with Gasteiger partial charge in [-0.15, -0.1) is 0 Å². The first kappa shape index (κ1) is 17.9. The molecule has 0 unspecified atom stereocenters. The lowest BCUT2D eigenvalue weighted by Crippen LogP contribution is -2.43. The maximum Gasteiger partial charge on any atom is 0.336 e. The normalized spacial score (nSPS) is 28.9. The van der Waals surface area contributed by atoms with Gasteiger partial charge in [-0.25, -0.2) is 9.79 Å². The van der Waals surface area contributed by atoms with Crippen molar-refractivity contribution in [3.05, 3.63) is 35.9 Å². The Kier molecular flexibility index (Phi) is 4.62. The average molecular weight is 345 g/mol. The Morgan fingerprint density at radius 3 is 2.44 bits per heavy atom. The van der Waals surface area contributed by atoms with E-state index in [0.717, 1.165) is 5.56 Å². The summed E-state index contributed by atoms with van der Waals surface area (Å²) in [7, 11) is 0. The van der Waals surface area contributed by atoms with Gasteiger partial charge in [0, 0.05) is 17.4 Å². The molecule has 2 aliphatic rings. The van der Waals surface area contributed by atoms with Crippen LogP contribution in [0.25, 0.3) is 0 Å². The summed E-state index contributed by atoms with van der Waals surface area (Å²) in [6.45, 7) is 10.8. The van der Waals surface area contributed by atoms with E-state index in [1.807, 2.05) is 44.2 Å². The van der Waals surface area contributed by atoms with Crippen molar-refractivity contribution in [1.29, 1.82) is 0 Å². The van der Waals surface area contributed by atoms with Gasteiger partial charge in [0.15, 0.2) is 6.10 Å². The summed E-state index contributed by atoms with van der Waals surface area (Å²) < 4.78 is 17.3. The summed E-state index contributed by atoms with van der Waals surface area (Å²) >= 11 is 0. The third-order valence-corrected chi connectivity index (χ3v) is 4.75. The lowest BCUT2D eigenvalue weighted by atomic mass is 9.84. The highest BCUT2D eigenvalue weighted by Gasteiger charge is 2.47. The van der Waals surface area contributed by atoms with E-state index in [-0.39, 0.29) is 22.8 Å². The maximum atomic E-state index is 12.1.